The van der Waals surface area contributed by atoms with Crippen LogP contribution in [-0.2, 0) is 23.7 Å². The van der Waals surface area contributed by atoms with Gasteiger partial charge in [0.15, 0.2) is 0 Å². The van der Waals surface area contributed by atoms with E-state index < -0.39 is 0 Å². The first-order valence-electron chi connectivity index (χ1n) is 10.7. The SMILES string of the molecule is COCC1OC(C)C(COCC2OC(C)C(COC)C(C)C2C)C(C)C1C. The minimum atomic E-state index is 0.150. The first-order valence-corrected chi connectivity index (χ1v) is 10.7. The van der Waals surface area contributed by atoms with E-state index >= 15 is 0 Å². The van der Waals surface area contributed by atoms with E-state index in [9.17, 15) is 0 Å². The van der Waals surface area contributed by atoms with Crippen LogP contribution in [0.3, 0.4) is 0 Å². The molecule has 160 valence electrons. The average molecular weight is 387 g/mol. The Bertz CT molecular complexity index is 431. The number of ether oxygens (including phenoxy) is 5. The van der Waals surface area contributed by atoms with E-state index in [0.29, 0.717) is 48.7 Å². The molecule has 5 heteroatoms. The van der Waals surface area contributed by atoms with Gasteiger partial charge in [0.2, 0.25) is 0 Å². The van der Waals surface area contributed by atoms with Gasteiger partial charge in [0.25, 0.3) is 0 Å². The van der Waals surface area contributed by atoms with Crippen LogP contribution in [0.25, 0.3) is 0 Å². The Morgan fingerprint density at radius 3 is 1.48 bits per heavy atom. The first-order chi connectivity index (χ1) is 12.8. The van der Waals surface area contributed by atoms with Crippen molar-refractivity contribution in [3.63, 3.8) is 0 Å². The highest BCUT2D eigenvalue weighted by atomic mass is 16.6. The molecule has 10 unspecified atom stereocenters. The van der Waals surface area contributed by atoms with Gasteiger partial charge in [-0.05, 0) is 37.5 Å². The van der Waals surface area contributed by atoms with E-state index in [0.717, 1.165) is 13.2 Å². The minimum absolute atomic E-state index is 0.150. The molecule has 2 heterocycles. The summed E-state index contributed by atoms with van der Waals surface area (Å²) in [6.45, 7) is 16.3. The molecule has 0 amide bonds. The molecule has 2 fully saturated rings. The van der Waals surface area contributed by atoms with Crippen molar-refractivity contribution in [2.75, 3.05) is 40.6 Å². The molecule has 0 aromatic carbocycles. The highest BCUT2D eigenvalue weighted by Gasteiger charge is 2.41. The van der Waals surface area contributed by atoms with Crippen LogP contribution in [0.2, 0.25) is 0 Å². The molecule has 0 aromatic rings. The normalized spacial score (nSPS) is 45.8. The summed E-state index contributed by atoms with van der Waals surface area (Å²) in [6.07, 6.45) is 0.717. The van der Waals surface area contributed by atoms with Crippen molar-refractivity contribution in [3.8, 4) is 0 Å². The van der Waals surface area contributed by atoms with E-state index in [4.69, 9.17) is 23.7 Å². The van der Waals surface area contributed by atoms with Crippen molar-refractivity contribution in [2.45, 2.75) is 66.0 Å². The smallest absolute Gasteiger partial charge is 0.0840 e. The maximum Gasteiger partial charge on any atom is 0.0840 e. The maximum atomic E-state index is 6.29. The van der Waals surface area contributed by atoms with Crippen LogP contribution >= 0.6 is 0 Å². The minimum Gasteiger partial charge on any atom is -0.384 e. The lowest BCUT2D eigenvalue weighted by atomic mass is 9.76. The Kier molecular flexibility index (Phi) is 9.01. The van der Waals surface area contributed by atoms with Gasteiger partial charge in [-0.15, -0.1) is 0 Å². The fourth-order valence-corrected chi connectivity index (χ4v) is 4.95. The van der Waals surface area contributed by atoms with Gasteiger partial charge in [-0.1, -0.05) is 27.7 Å². The zero-order valence-corrected chi connectivity index (χ0v) is 18.6. The molecule has 10 atom stereocenters. The van der Waals surface area contributed by atoms with E-state index in [1.54, 1.807) is 14.2 Å². The van der Waals surface area contributed by atoms with Crippen molar-refractivity contribution in [2.24, 2.45) is 35.5 Å². The van der Waals surface area contributed by atoms with Gasteiger partial charge in [-0.2, -0.15) is 0 Å². The molecule has 5 nitrogen and oxygen atoms in total. The Morgan fingerprint density at radius 1 is 0.556 bits per heavy atom. The molecule has 27 heavy (non-hydrogen) atoms. The number of hydrogen-bond donors (Lipinski definition) is 0. The number of rotatable bonds is 8. The second-order valence-corrected chi connectivity index (χ2v) is 8.97. The highest BCUT2D eigenvalue weighted by Crippen LogP contribution is 2.37. The summed E-state index contributed by atoms with van der Waals surface area (Å²) in [4.78, 5) is 0. The fraction of sp³-hybridized carbons (Fsp3) is 1.00. The monoisotopic (exact) mass is 386 g/mol. The molecule has 2 saturated heterocycles. The van der Waals surface area contributed by atoms with Crippen LogP contribution < -0.4 is 0 Å². The van der Waals surface area contributed by atoms with Crippen molar-refractivity contribution in [3.05, 3.63) is 0 Å². The predicted octanol–water partition coefficient (Wildman–Crippen LogP) is 3.65. The molecule has 0 N–H and O–H groups in total. The van der Waals surface area contributed by atoms with Gasteiger partial charge in [-0.25, -0.2) is 0 Å². The molecule has 0 aliphatic carbocycles. The number of hydrogen-bond acceptors (Lipinski definition) is 5. The molecule has 0 spiro atoms. The predicted molar refractivity (Wildman–Crippen MR) is 107 cm³/mol. The molecular weight excluding hydrogens is 344 g/mol. The molecule has 0 radical (unpaired) electrons. The Labute approximate surface area is 166 Å². The van der Waals surface area contributed by atoms with Gasteiger partial charge < -0.3 is 23.7 Å². The summed E-state index contributed by atoms with van der Waals surface area (Å²) in [6, 6.07) is 0. The molecule has 2 aliphatic heterocycles. The third kappa shape index (κ3) is 5.45. The van der Waals surface area contributed by atoms with Gasteiger partial charge in [-0.3, -0.25) is 0 Å². The van der Waals surface area contributed by atoms with Gasteiger partial charge in [0.05, 0.1) is 50.8 Å². The summed E-state index contributed by atoms with van der Waals surface area (Å²) in [5, 5.41) is 0. The molecule has 2 rings (SSSR count). The van der Waals surface area contributed by atoms with Crippen LogP contribution in [0.1, 0.15) is 41.5 Å². The van der Waals surface area contributed by atoms with Gasteiger partial charge in [0, 0.05) is 26.1 Å². The van der Waals surface area contributed by atoms with Crippen LogP contribution in [-0.4, -0.2) is 65.1 Å². The van der Waals surface area contributed by atoms with Gasteiger partial charge >= 0.3 is 0 Å². The largest absolute Gasteiger partial charge is 0.384 e. The fourth-order valence-electron chi connectivity index (χ4n) is 4.95. The summed E-state index contributed by atoms with van der Waals surface area (Å²) in [5.41, 5.74) is 0. The van der Waals surface area contributed by atoms with E-state index in [2.05, 4.69) is 41.5 Å². The lowest BCUT2D eigenvalue weighted by Gasteiger charge is -2.45. The summed E-state index contributed by atoms with van der Waals surface area (Å²) >= 11 is 0. The molecule has 0 saturated carbocycles. The van der Waals surface area contributed by atoms with Crippen molar-refractivity contribution in [1.82, 2.24) is 0 Å². The highest BCUT2D eigenvalue weighted by molar-refractivity contribution is 4.88. The zero-order chi connectivity index (χ0) is 20.1. The topological polar surface area (TPSA) is 46.2 Å². The second kappa shape index (κ2) is 10.5. The molecular formula is C22H42O5. The molecule has 2 aliphatic rings. The molecule has 0 bridgehead atoms. The third-order valence-corrected chi connectivity index (χ3v) is 7.45. The van der Waals surface area contributed by atoms with Crippen molar-refractivity contribution in [1.29, 1.82) is 0 Å². The number of methoxy groups -OCH3 is 2. The Hall–Kier alpha value is -0.200. The lowest BCUT2D eigenvalue weighted by Crippen LogP contribution is -2.49. The summed E-state index contributed by atoms with van der Waals surface area (Å²) < 4.78 is 29.4. The van der Waals surface area contributed by atoms with Crippen LogP contribution in [0.4, 0.5) is 0 Å². The van der Waals surface area contributed by atoms with E-state index in [-0.39, 0.29) is 24.4 Å². The maximum absolute atomic E-state index is 6.29. The van der Waals surface area contributed by atoms with Crippen molar-refractivity contribution >= 4 is 0 Å². The first kappa shape index (κ1) is 23.1. The summed E-state index contributed by atoms with van der Waals surface area (Å²) in [7, 11) is 3.51. The van der Waals surface area contributed by atoms with Crippen LogP contribution in [0.15, 0.2) is 0 Å². The third-order valence-electron chi connectivity index (χ3n) is 7.45. The van der Waals surface area contributed by atoms with E-state index in [1.165, 1.54) is 0 Å². The van der Waals surface area contributed by atoms with Crippen molar-refractivity contribution < 1.29 is 23.7 Å². The van der Waals surface area contributed by atoms with E-state index in [1.807, 2.05) is 0 Å². The van der Waals surface area contributed by atoms with Crippen LogP contribution in [0, 0.1) is 35.5 Å². The Morgan fingerprint density at radius 2 is 1.00 bits per heavy atom. The standard InChI is InChI=1S/C22H42O5/c1-13-16(4)22(27-17(5)19(13)9-23-7)12-25-10-20-14(2)15(3)21(11-24-8)26-18(20)6/h13-22H,9-12H2,1-8H3. The van der Waals surface area contributed by atoms with Gasteiger partial charge in [0.1, 0.15) is 0 Å². The second-order valence-electron chi connectivity index (χ2n) is 8.97. The Balaban J connectivity index is 1.85. The average Bonchev–Trinajstić information content (AvgIpc) is 2.63. The lowest BCUT2D eigenvalue weighted by molar-refractivity contribution is -0.182. The summed E-state index contributed by atoms with van der Waals surface area (Å²) in [5.74, 6) is 2.89. The quantitative estimate of drug-likeness (QED) is 0.637. The molecule has 0 aromatic heterocycles. The zero-order valence-electron chi connectivity index (χ0n) is 18.6. The van der Waals surface area contributed by atoms with Crippen LogP contribution in [0.5, 0.6) is 0 Å².